The molecule has 0 aromatic carbocycles. The molecule has 1 aliphatic rings. The Morgan fingerprint density at radius 1 is 1.27 bits per heavy atom. The van der Waals surface area contributed by atoms with Crippen LogP contribution in [0.5, 0.6) is 0 Å². The van der Waals surface area contributed by atoms with Crippen LogP contribution in [0.4, 0.5) is 11.5 Å². The number of hydrogen-bond donors (Lipinski definition) is 1. The summed E-state index contributed by atoms with van der Waals surface area (Å²) in [6.07, 6.45) is 1.58. The van der Waals surface area contributed by atoms with E-state index in [-0.39, 0.29) is 12.5 Å². The van der Waals surface area contributed by atoms with Gasteiger partial charge in [0.25, 0.3) is 10.0 Å². The molecule has 3 rings (SSSR count). The first-order valence-electron chi connectivity index (χ1n) is 8.04. The minimum atomic E-state index is -3.40. The van der Waals surface area contributed by atoms with E-state index in [0.717, 1.165) is 5.82 Å². The standard InChI is InChI=1S/C16H20N4O4S2/c1-24-12-15(21)18-13-4-5-14(17-11-13)19-6-8-20(9-7-19)26(22,23)16-3-2-10-25-16/h2-5,10-11H,6-9,12H2,1H3,(H,18,21). The van der Waals surface area contributed by atoms with E-state index in [2.05, 4.69) is 10.3 Å². The summed E-state index contributed by atoms with van der Waals surface area (Å²) >= 11 is 1.23. The van der Waals surface area contributed by atoms with Crippen molar-refractivity contribution < 1.29 is 17.9 Å². The van der Waals surface area contributed by atoms with Crippen molar-refractivity contribution in [2.75, 3.05) is 50.1 Å². The topological polar surface area (TPSA) is 91.8 Å². The van der Waals surface area contributed by atoms with Crippen molar-refractivity contribution in [3.05, 3.63) is 35.8 Å². The second-order valence-corrected chi connectivity index (χ2v) is 8.82. The summed E-state index contributed by atoms with van der Waals surface area (Å²) in [7, 11) is -1.95. The van der Waals surface area contributed by atoms with Crippen LogP contribution in [0.1, 0.15) is 0 Å². The van der Waals surface area contributed by atoms with Gasteiger partial charge >= 0.3 is 0 Å². The van der Waals surface area contributed by atoms with Crippen LogP contribution in [0.25, 0.3) is 0 Å². The van der Waals surface area contributed by atoms with E-state index in [4.69, 9.17) is 4.74 Å². The lowest BCUT2D eigenvalue weighted by Gasteiger charge is -2.34. The van der Waals surface area contributed by atoms with Gasteiger partial charge in [-0.2, -0.15) is 4.31 Å². The highest BCUT2D eigenvalue weighted by atomic mass is 32.2. The van der Waals surface area contributed by atoms with Gasteiger partial charge in [-0.3, -0.25) is 4.79 Å². The zero-order chi connectivity index (χ0) is 18.6. The molecular formula is C16H20N4O4S2. The molecule has 10 heteroatoms. The molecule has 0 unspecified atom stereocenters. The maximum atomic E-state index is 12.5. The van der Waals surface area contributed by atoms with Gasteiger partial charge in [-0.25, -0.2) is 13.4 Å². The number of carbonyl (C=O) groups excluding carboxylic acids is 1. The van der Waals surface area contributed by atoms with Crippen molar-refractivity contribution in [3.63, 3.8) is 0 Å². The average molecular weight is 396 g/mol. The molecule has 0 radical (unpaired) electrons. The Labute approximate surface area is 156 Å². The highest BCUT2D eigenvalue weighted by Crippen LogP contribution is 2.23. The largest absolute Gasteiger partial charge is 0.375 e. The number of nitrogens with zero attached hydrogens (tertiary/aromatic N) is 3. The van der Waals surface area contributed by atoms with E-state index in [9.17, 15) is 13.2 Å². The summed E-state index contributed by atoms with van der Waals surface area (Å²) in [5.74, 6) is 0.511. The highest BCUT2D eigenvalue weighted by molar-refractivity contribution is 7.91. The van der Waals surface area contributed by atoms with Crippen molar-refractivity contribution in [2.45, 2.75) is 4.21 Å². The van der Waals surface area contributed by atoms with Crippen molar-refractivity contribution in [3.8, 4) is 0 Å². The number of sulfonamides is 1. The number of thiophene rings is 1. The number of rotatable bonds is 6. The fourth-order valence-electron chi connectivity index (χ4n) is 2.67. The zero-order valence-corrected chi connectivity index (χ0v) is 15.9. The number of hydrogen-bond acceptors (Lipinski definition) is 7. The van der Waals surface area contributed by atoms with Crippen LogP contribution in [0.2, 0.25) is 0 Å². The maximum absolute atomic E-state index is 12.5. The van der Waals surface area contributed by atoms with Crippen LogP contribution in [-0.2, 0) is 19.6 Å². The Morgan fingerprint density at radius 3 is 2.62 bits per heavy atom. The molecule has 1 aliphatic heterocycles. The molecule has 140 valence electrons. The minimum absolute atomic E-state index is 0.0115. The van der Waals surface area contributed by atoms with Gasteiger partial charge in [0.15, 0.2) is 0 Å². The van der Waals surface area contributed by atoms with Crippen LogP contribution in [0.3, 0.4) is 0 Å². The van der Waals surface area contributed by atoms with Crippen molar-refractivity contribution in [1.29, 1.82) is 0 Å². The van der Waals surface area contributed by atoms with Gasteiger partial charge in [0, 0.05) is 33.3 Å². The first-order chi connectivity index (χ1) is 12.5. The van der Waals surface area contributed by atoms with Gasteiger partial charge in [0.2, 0.25) is 5.91 Å². The Bertz CT molecular complexity index is 830. The second kappa shape index (κ2) is 8.12. The van der Waals surface area contributed by atoms with Crippen LogP contribution in [0, 0.1) is 0 Å². The zero-order valence-electron chi connectivity index (χ0n) is 14.3. The molecule has 2 aromatic heterocycles. The van der Waals surface area contributed by atoms with Crippen LogP contribution < -0.4 is 10.2 Å². The first kappa shape index (κ1) is 18.8. The third-order valence-corrected chi connectivity index (χ3v) is 7.23. The van der Waals surface area contributed by atoms with Gasteiger partial charge in [0.1, 0.15) is 16.6 Å². The normalized spacial score (nSPS) is 15.8. The van der Waals surface area contributed by atoms with Crippen LogP contribution in [0.15, 0.2) is 40.1 Å². The summed E-state index contributed by atoms with van der Waals surface area (Å²) in [5, 5.41) is 4.45. The van der Waals surface area contributed by atoms with E-state index in [1.54, 1.807) is 29.8 Å². The molecule has 1 N–H and O–H groups in total. The summed E-state index contributed by atoms with van der Waals surface area (Å²) < 4.78 is 31.7. The number of anilines is 2. The molecule has 1 fully saturated rings. The smallest absolute Gasteiger partial charge is 0.252 e. The number of ether oxygens (including phenoxy) is 1. The van der Waals surface area contributed by atoms with Gasteiger partial charge in [-0.15, -0.1) is 11.3 Å². The van der Waals surface area contributed by atoms with Crippen molar-refractivity contribution >= 4 is 38.8 Å². The van der Waals surface area contributed by atoms with Crippen molar-refractivity contribution in [2.24, 2.45) is 0 Å². The van der Waals surface area contributed by atoms with Crippen LogP contribution in [-0.4, -0.2) is 63.5 Å². The average Bonchev–Trinajstić information content (AvgIpc) is 3.18. The molecule has 0 saturated carbocycles. The van der Waals surface area contributed by atoms with Gasteiger partial charge in [-0.05, 0) is 23.6 Å². The van der Waals surface area contributed by atoms with E-state index in [0.29, 0.717) is 36.1 Å². The van der Waals surface area contributed by atoms with Crippen LogP contribution >= 0.6 is 11.3 Å². The lowest BCUT2D eigenvalue weighted by Crippen LogP contribution is -2.48. The number of nitrogens with one attached hydrogen (secondary N) is 1. The third-order valence-electron chi connectivity index (χ3n) is 3.96. The number of aromatic nitrogens is 1. The van der Waals surface area contributed by atoms with Gasteiger partial charge in [-0.1, -0.05) is 6.07 Å². The highest BCUT2D eigenvalue weighted by Gasteiger charge is 2.29. The molecule has 0 spiro atoms. The third kappa shape index (κ3) is 4.21. The fraction of sp³-hybridized carbons (Fsp3) is 0.375. The van der Waals surface area contributed by atoms with E-state index in [1.807, 2.05) is 11.0 Å². The monoisotopic (exact) mass is 396 g/mol. The summed E-state index contributed by atoms with van der Waals surface area (Å²) in [6.45, 7) is 1.94. The Hall–Kier alpha value is -2.01. The van der Waals surface area contributed by atoms with E-state index < -0.39 is 10.0 Å². The van der Waals surface area contributed by atoms with Crippen molar-refractivity contribution in [1.82, 2.24) is 9.29 Å². The molecule has 0 atom stereocenters. The number of methoxy groups -OCH3 is 1. The molecule has 8 nitrogen and oxygen atoms in total. The molecule has 0 bridgehead atoms. The Balaban J connectivity index is 1.59. The molecule has 2 aromatic rings. The summed E-state index contributed by atoms with van der Waals surface area (Å²) in [5.41, 5.74) is 0.592. The fourth-order valence-corrected chi connectivity index (χ4v) is 5.24. The maximum Gasteiger partial charge on any atom is 0.252 e. The number of amides is 1. The lowest BCUT2D eigenvalue weighted by atomic mass is 10.3. The molecule has 26 heavy (non-hydrogen) atoms. The van der Waals surface area contributed by atoms with Gasteiger partial charge in [0.05, 0.1) is 11.9 Å². The molecule has 1 saturated heterocycles. The summed E-state index contributed by atoms with van der Waals surface area (Å²) in [4.78, 5) is 17.9. The molecule has 3 heterocycles. The summed E-state index contributed by atoms with van der Waals surface area (Å²) in [6, 6.07) is 6.95. The number of pyridine rings is 1. The minimum Gasteiger partial charge on any atom is -0.375 e. The Morgan fingerprint density at radius 2 is 2.04 bits per heavy atom. The number of carbonyl (C=O) groups is 1. The second-order valence-electron chi connectivity index (χ2n) is 5.71. The molecular weight excluding hydrogens is 376 g/mol. The van der Waals surface area contributed by atoms with Gasteiger partial charge < -0.3 is 15.0 Å². The predicted molar refractivity (Wildman–Crippen MR) is 100 cm³/mol. The van der Waals surface area contributed by atoms with E-state index in [1.165, 1.54) is 22.8 Å². The number of piperazine rings is 1. The quantitative estimate of drug-likeness (QED) is 0.790. The molecule has 1 amide bonds. The lowest BCUT2D eigenvalue weighted by molar-refractivity contribution is -0.119. The van der Waals surface area contributed by atoms with E-state index >= 15 is 0 Å². The molecule has 0 aliphatic carbocycles. The SMILES string of the molecule is COCC(=O)Nc1ccc(N2CCN(S(=O)(=O)c3cccs3)CC2)nc1. The Kier molecular flexibility index (Phi) is 5.87. The first-order valence-corrected chi connectivity index (χ1v) is 10.4. The predicted octanol–water partition coefficient (Wildman–Crippen LogP) is 1.24.